The van der Waals surface area contributed by atoms with Crippen molar-refractivity contribution in [3.8, 4) is 11.8 Å². The van der Waals surface area contributed by atoms with Gasteiger partial charge >= 0.3 is 5.97 Å². The Bertz CT molecular complexity index is 1260. The number of pyridine rings is 1. The van der Waals surface area contributed by atoms with Gasteiger partial charge in [0.2, 0.25) is 5.43 Å². The number of rotatable bonds is 7. The van der Waals surface area contributed by atoms with E-state index in [0.717, 1.165) is 18.9 Å². The smallest absolute Gasteiger partial charge is 0.341 e. The first-order valence-corrected chi connectivity index (χ1v) is 11.2. The standard InChI is InChI=1S/C24H25FN4O4/c1-33-23-20-15(22(30)17(24(31)32)12-29(20)14-4-5-14)9-18(25)21(23)28-10-13-3-6-19(16(13)11-28)27-8-2-7-26/h3,6,9,12-14,16,19,27H,2,4-5,8,10-11H2,1H3,(H,31,32). The summed E-state index contributed by atoms with van der Waals surface area (Å²) in [5.41, 5.74) is -0.319. The maximum absolute atomic E-state index is 15.5. The molecule has 5 rings (SSSR count). The van der Waals surface area contributed by atoms with Crippen LogP contribution in [-0.4, -0.2) is 48.4 Å². The van der Waals surface area contributed by atoms with Gasteiger partial charge in [-0.3, -0.25) is 4.79 Å². The van der Waals surface area contributed by atoms with Crippen LogP contribution >= 0.6 is 0 Å². The van der Waals surface area contributed by atoms with E-state index in [2.05, 4.69) is 23.5 Å². The summed E-state index contributed by atoms with van der Waals surface area (Å²) < 4.78 is 23.0. The first kappa shape index (κ1) is 21.5. The van der Waals surface area contributed by atoms with E-state index in [1.165, 1.54) is 13.3 Å². The van der Waals surface area contributed by atoms with Gasteiger partial charge < -0.3 is 24.6 Å². The van der Waals surface area contributed by atoms with E-state index in [0.29, 0.717) is 37.3 Å². The molecule has 1 aromatic heterocycles. The number of ether oxygens (including phenoxy) is 1. The summed E-state index contributed by atoms with van der Waals surface area (Å²) in [6, 6.07) is 3.47. The van der Waals surface area contributed by atoms with E-state index in [4.69, 9.17) is 10.00 Å². The number of halogens is 1. The molecule has 0 bridgehead atoms. The topological polar surface area (TPSA) is 108 Å². The van der Waals surface area contributed by atoms with Crippen molar-refractivity contribution in [3.63, 3.8) is 0 Å². The lowest BCUT2D eigenvalue weighted by Gasteiger charge is -2.26. The second kappa shape index (κ2) is 8.19. The minimum Gasteiger partial charge on any atom is -0.492 e. The number of aromatic carboxylic acids is 1. The zero-order valence-corrected chi connectivity index (χ0v) is 18.3. The zero-order chi connectivity index (χ0) is 23.3. The molecule has 3 aliphatic rings. The van der Waals surface area contributed by atoms with Crippen LogP contribution in [-0.2, 0) is 0 Å². The van der Waals surface area contributed by atoms with E-state index in [9.17, 15) is 14.7 Å². The number of nitrogens with one attached hydrogen (secondary N) is 1. The van der Waals surface area contributed by atoms with Crippen molar-refractivity contribution in [2.24, 2.45) is 11.8 Å². The highest BCUT2D eigenvalue weighted by Crippen LogP contribution is 2.46. The maximum atomic E-state index is 15.5. The van der Waals surface area contributed by atoms with Crippen molar-refractivity contribution in [3.05, 3.63) is 46.0 Å². The zero-order valence-electron chi connectivity index (χ0n) is 18.3. The van der Waals surface area contributed by atoms with Crippen LogP contribution < -0.4 is 20.4 Å². The third-order valence-electron chi connectivity index (χ3n) is 6.95. The number of hydrogen-bond donors (Lipinski definition) is 2. The number of nitriles is 1. The summed E-state index contributed by atoms with van der Waals surface area (Å²) in [4.78, 5) is 26.5. The summed E-state index contributed by atoms with van der Waals surface area (Å²) in [6.07, 6.45) is 7.78. The number of methoxy groups -OCH3 is 1. The first-order valence-electron chi connectivity index (χ1n) is 11.2. The second-order valence-electron chi connectivity index (χ2n) is 8.96. The molecule has 33 heavy (non-hydrogen) atoms. The Hall–Kier alpha value is -3.38. The van der Waals surface area contributed by atoms with Gasteiger partial charge in [0.05, 0.1) is 24.1 Å². The SMILES string of the molecule is COc1c(N2CC3C=CC(NCCC#N)C3C2)c(F)cc2c(=O)c(C(=O)O)cn(C3CC3)c12. The predicted molar refractivity (Wildman–Crippen MR) is 120 cm³/mol. The number of anilines is 1. The highest BCUT2D eigenvalue weighted by molar-refractivity contribution is 5.97. The largest absolute Gasteiger partial charge is 0.492 e. The molecule has 2 heterocycles. The summed E-state index contributed by atoms with van der Waals surface area (Å²) in [6.45, 7) is 1.81. The van der Waals surface area contributed by atoms with Crippen LogP contribution in [0.1, 0.15) is 35.7 Å². The van der Waals surface area contributed by atoms with Gasteiger partial charge in [0.1, 0.15) is 11.3 Å². The van der Waals surface area contributed by atoms with Gasteiger partial charge in [0.25, 0.3) is 0 Å². The molecule has 2 fully saturated rings. The van der Waals surface area contributed by atoms with Gasteiger partial charge in [-0.2, -0.15) is 5.26 Å². The van der Waals surface area contributed by atoms with Crippen LogP contribution in [0.5, 0.6) is 5.75 Å². The molecule has 0 amide bonds. The van der Waals surface area contributed by atoms with Crippen molar-refractivity contribution < 1.29 is 19.0 Å². The number of carbonyl (C=O) groups is 1. The van der Waals surface area contributed by atoms with Gasteiger partial charge in [-0.05, 0) is 18.9 Å². The fraction of sp³-hybridized carbons (Fsp3) is 0.458. The summed E-state index contributed by atoms with van der Waals surface area (Å²) in [5.74, 6) is -1.18. The molecular formula is C24H25FN4O4. The molecule has 9 heteroatoms. The quantitative estimate of drug-likeness (QED) is 0.491. The number of nitrogens with zero attached hydrogens (tertiary/aromatic N) is 3. The van der Waals surface area contributed by atoms with Crippen molar-refractivity contribution >= 4 is 22.6 Å². The molecule has 0 radical (unpaired) electrons. The molecule has 3 atom stereocenters. The van der Waals surface area contributed by atoms with Crippen molar-refractivity contribution in [2.75, 3.05) is 31.6 Å². The maximum Gasteiger partial charge on any atom is 0.341 e. The molecule has 2 aromatic rings. The highest BCUT2D eigenvalue weighted by Gasteiger charge is 2.41. The Kier molecular flexibility index (Phi) is 5.33. The van der Waals surface area contributed by atoms with Crippen molar-refractivity contribution in [1.82, 2.24) is 9.88 Å². The molecular weight excluding hydrogens is 427 g/mol. The molecule has 2 aliphatic carbocycles. The average molecular weight is 452 g/mol. The minimum atomic E-state index is -1.33. The van der Waals surface area contributed by atoms with Crippen LogP contribution in [0, 0.1) is 29.0 Å². The summed E-state index contributed by atoms with van der Waals surface area (Å²) in [5, 5.41) is 21.7. The van der Waals surface area contributed by atoms with E-state index in [-0.39, 0.29) is 40.6 Å². The molecule has 1 saturated heterocycles. The van der Waals surface area contributed by atoms with Gasteiger partial charge in [0.15, 0.2) is 11.6 Å². The Morgan fingerprint density at radius 1 is 1.36 bits per heavy atom. The van der Waals surface area contributed by atoms with E-state index >= 15 is 4.39 Å². The van der Waals surface area contributed by atoms with Gasteiger partial charge in [-0.25, -0.2) is 9.18 Å². The summed E-state index contributed by atoms with van der Waals surface area (Å²) in [7, 11) is 1.45. The number of aromatic nitrogens is 1. The Morgan fingerprint density at radius 3 is 2.82 bits per heavy atom. The van der Waals surface area contributed by atoms with Crippen LogP contribution in [0.15, 0.2) is 29.2 Å². The third kappa shape index (κ3) is 3.55. The van der Waals surface area contributed by atoms with E-state index < -0.39 is 17.2 Å². The van der Waals surface area contributed by atoms with Crippen LogP contribution in [0.4, 0.5) is 10.1 Å². The molecule has 2 N–H and O–H groups in total. The average Bonchev–Trinajstić information content (AvgIpc) is 3.44. The first-order chi connectivity index (χ1) is 15.9. The van der Waals surface area contributed by atoms with E-state index in [1.807, 2.05) is 4.90 Å². The van der Waals surface area contributed by atoms with Crippen LogP contribution in [0.25, 0.3) is 10.9 Å². The van der Waals surface area contributed by atoms with Gasteiger partial charge in [-0.1, -0.05) is 12.2 Å². The number of benzene rings is 1. The predicted octanol–water partition coefficient (Wildman–Crippen LogP) is 2.68. The fourth-order valence-electron chi connectivity index (χ4n) is 5.26. The number of carboxylic acids is 1. The Morgan fingerprint density at radius 2 is 2.15 bits per heavy atom. The van der Waals surface area contributed by atoms with Crippen LogP contribution in [0.2, 0.25) is 0 Å². The third-order valence-corrected chi connectivity index (χ3v) is 6.95. The van der Waals surface area contributed by atoms with Gasteiger partial charge in [0, 0.05) is 56.2 Å². The van der Waals surface area contributed by atoms with Crippen LogP contribution in [0.3, 0.4) is 0 Å². The molecule has 1 aliphatic heterocycles. The van der Waals surface area contributed by atoms with Crippen molar-refractivity contribution in [2.45, 2.75) is 31.3 Å². The Balaban J connectivity index is 1.58. The Labute approximate surface area is 189 Å². The van der Waals surface area contributed by atoms with E-state index in [1.54, 1.807) is 4.57 Å². The number of fused-ring (bicyclic) bond motifs is 2. The van der Waals surface area contributed by atoms with Crippen molar-refractivity contribution in [1.29, 1.82) is 5.26 Å². The molecule has 1 saturated carbocycles. The highest BCUT2D eigenvalue weighted by atomic mass is 19.1. The molecule has 3 unspecified atom stereocenters. The normalized spacial score (nSPS) is 23.7. The molecule has 8 nitrogen and oxygen atoms in total. The lowest BCUT2D eigenvalue weighted by molar-refractivity contribution is 0.0695. The number of hydrogen-bond acceptors (Lipinski definition) is 6. The molecule has 1 aromatic carbocycles. The summed E-state index contributed by atoms with van der Waals surface area (Å²) >= 11 is 0. The monoisotopic (exact) mass is 452 g/mol. The molecule has 0 spiro atoms. The molecule has 172 valence electrons. The lowest BCUT2D eigenvalue weighted by Crippen LogP contribution is -2.36. The second-order valence-corrected chi connectivity index (χ2v) is 8.96. The lowest BCUT2D eigenvalue weighted by atomic mass is 9.96. The van der Waals surface area contributed by atoms with Gasteiger partial charge in [-0.15, -0.1) is 0 Å². The minimum absolute atomic E-state index is 0.0234. The number of carboxylic acid groups (broad SMARTS) is 1. The fourth-order valence-corrected chi connectivity index (χ4v) is 5.26.